The third-order valence-electron chi connectivity index (χ3n) is 3.78. The van der Waals surface area contributed by atoms with E-state index >= 15 is 0 Å². The highest BCUT2D eigenvalue weighted by Crippen LogP contribution is 2.33. The van der Waals surface area contributed by atoms with Crippen molar-refractivity contribution in [3.63, 3.8) is 0 Å². The third kappa shape index (κ3) is 5.18. The fourth-order valence-corrected chi connectivity index (χ4v) is 2.66. The normalized spacial score (nSPS) is 11.8. The second-order valence-corrected chi connectivity index (χ2v) is 6.23. The summed E-state index contributed by atoms with van der Waals surface area (Å²) in [4.78, 5) is 24.8. The minimum atomic E-state index is -0.459. The molecule has 0 radical (unpaired) electrons. The lowest BCUT2D eigenvalue weighted by molar-refractivity contribution is -0.145. The molecule has 2 rings (SSSR count). The second kappa shape index (κ2) is 9.02. The van der Waals surface area contributed by atoms with Crippen LogP contribution in [0.25, 0.3) is 0 Å². The molecular formula is C21H24O4. The number of esters is 2. The third-order valence-corrected chi connectivity index (χ3v) is 3.78. The molecule has 0 saturated carbocycles. The number of hydrogen-bond donors (Lipinski definition) is 0. The summed E-state index contributed by atoms with van der Waals surface area (Å²) in [6, 6.07) is 15.9. The molecule has 2 aromatic carbocycles. The zero-order chi connectivity index (χ0) is 18.2. The average Bonchev–Trinajstić information content (AvgIpc) is 2.61. The van der Waals surface area contributed by atoms with Crippen LogP contribution in [-0.2, 0) is 9.53 Å². The van der Waals surface area contributed by atoms with E-state index in [-0.39, 0.29) is 5.97 Å². The fourth-order valence-electron chi connectivity index (χ4n) is 2.66. The Balaban J connectivity index is 2.31. The Kier molecular flexibility index (Phi) is 6.75. The van der Waals surface area contributed by atoms with Crippen molar-refractivity contribution in [1.29, 1.82) is 0 Å². The molecule has 0 aromatic heterocycles. The summed E-state index contributed by atoms with van der Waals surface area (Å²) in [6.07, 6.45) is 0.624. The fraction of sp³-hybridized carbons (Fsp3) is 0.333. The van der Waals surface area contributed by atoms with Gasteiger partial charge in [0.25, 0.3) is 0 Å². The first-order valence-corrected chi connectivity index (χ1v) is 8.55. The Morgan fingerprint density at radius 1 is 0.960 bits per heavy atom. The van der Waals surface area contributed by atoms with Crippen LogP contribution < -0.4 is 4.74 Å². The summed E-state index contributed by atoms with van der Waals surface area (Å²) in [5.41, 5.74) is 1.15. The quantitative estimate of drug-likeness (QED) is 0.546. The molecular weight excluding hydrogens is 316 g/mol. The van der Waals surface area contributed by atoms with E-state index in [9.17, 15) is 9.59 Å². The first-order valence-electron chi connectivity index (χ1n) is 8.55. The van der Waals surface area contributed by atoms with Gasteiger partial charge in [-0.15, -0.1) is 0 Å². The maximum atomic E-state index is 12.4. The smallest absolute Gasteiger partial charge is 0.343 e. The van der Waals surface area contributed by atoms with Gasteiger partial charge in [-0.25, -0.2) is 4.79 Å². The molecule has 4 nitrogen and oxygen atoms in total. The highest BCUT2D eigenvalue weighted by Gasteiger charge is 2.27. The van der Waals surface area contributed by atoms with Gasteiger partial charge in [-0.2, -0.15) is 0 Å². The van der Waals surface area contributed by atoms with Gasteiger partial charge in [0.2, 0.25) is 0 Å². The van der Waals surface area contributed by atoms with Gasteiger partial charge in [-0.3, -0.25) is 4.79 Å². The molecule has 0 bridgehead atoms. The molecule has 0 aliphatic rings. The monoisotopic (exact) mass is 340 g/mol. The van der Waals surface area contributed by atoms with E-state index in [0.29, 0.717) is 35.8 Å². The van der Waals surface area contributed by atoms with Crippen molar-refractivity contribution in [2.45, 2.75) is 33.1 Å². The van der Waals surface area contributed by atoms with E-state index in [1.807, 2.05) is 32.0 Å². The molecule has 0 saturated heterocycles. The number of rotatable bonds is 7. The summed E-state index contributed by atoms with van der Waals surface area (Å²) in [5, 5.41) is 0. The molecule has 0 aliphatic heterocycles. The van der Waals surface area contributed by atoms with Crippen LogP contribution in [0.5, 0.6) is 5.75 Å². The summed E-state index contributed by atoms with van der Waals surface area (Å²) >= 11 is 0. The zero-order valence-electron chi connectivity index (χ0n) is 14.9. The van der Waals surface area contributed by atoms with Crippen molar-refractivity contribution < 1.29 is 19.1 Å². The molecule has 1 atom stereocenters. The van der Waals surface area contributed by atoms with Crippen LogP contribution >= 0.6 is 0 Å². The first kappa shape index (κ1) is 18.7. The summed E-state index contributed by atoms with van der Waals surface area (Å²) < 4.78 is 10.8. The van der Waals surface area contributed by atoms with E-state index in [4.69, 9.17) is 9.47 Å². The molecule has 25 heavy (non-hydrogen) atoms. The van der Waals surface area contributed by atoms with E-state index in [0.717, 1.165) is 0 Å². The van der Waals surface area contributed by atoms with Crippen LogP contribution in [0.15, 0.2) is 54.6 Å². The van der Waals surface area contributed by atoms with Crippen molar-refractivity contribution in [2.75, 3.05) is 6.61 Å². The number of hydrogen-bond acceptors (Lipinski definition) is 4. The first-order chi connectivity index (χ1) is 12.0. The Labute approximate surface area is 148 Å². The largest absolute Gasteiger partial charge is 0.466 e. The Morgan fingerprint density at radius 3 is 2.24 bits per heavy atom. The van der Waals surface area contributed by atoms with Gasteiger partial charge in [0.15, 0.2) is 0 Å². The SMILES string of the molecule is CCOC(=O)C(CC(C)C)c1ccccc1OC(=O)c1ccccc1. The lowest BCUT2D eigenvalue weighted by Crippen LogP contribution is -2.19. The predicted molar refractivity (Wildman–Crippen MR) is 96.7 cm³/mol. The zero-order valence-corrected chi connectivity index (χ0v) is 14.9. The van der Waals surface area contributed by atoms with Gasteiger partial charge in [0.1, 0.15) is 5.75 Å². The Hall–Kier alpha value is -2.62. The number of carbonyl (C=O) groups is 2. The van der Waals surface area contributed by atoms with Crippen molar-refractivity contribution in [3.05, 3.63) is 65.7 Å². The molecule has 0 heterocycles. The summed E-state index contributed by atoms with van der Waals surface area (Å²) in [7, 11) is 0. The van der Waals surface area contributed by atoms with Crippen LogP contribution in [0.2, 0.25) is 0 Å². The lowest BCUT2D eigenvalue weighted by Gasteiger charge is -2.20. The standard InChI is InChI=1S/C21H24O4/c1-4-24-21(23)18(14-15(2)3)17-12-8-9-13-19(17)25-20(22)16-10-6-5-7-11-16/h5-13,15,18H,4,14H2,1-3H3. The van der Waals surface area contributed by atoms with Gasteiger partial charge in [0.05, 0.1) is 18.1 Å². The Bertz CT molecular complexity index is 707. The van der Waals surface area contributed by atoms with E-state index in [1.54, 1.807) is 43.3 Å². The van der Waals surface area contributed by atoms with E-state index in [1.165, 1.54) is 0 Å². The lowest BCUT2D eigenvalue weighted by atomic mass is 9.89. The van der Waals surface area contributed by atoms with Crippen molar-refractivity contribution in [1.82, 2.24) is 0 Å². The van der Waals surface area contributed by atoms with E-state index in [2.05, 4.69) is 0 Å². The molecule has 4 heteroatoms. The van der Waals surface area contributed by atoms with Crippen LogP contribution in [0.1, 0.15) is 49.0 Å². The Morgan fingerprint density at radius 2 is 1.60 bits per heavy atom. The summed E-state index contributed by atoms with van der Waals surface area (Å²) in [5.74, 6) is -0.498. The highest BCUT2D eigenvalue weighted by atomic mass is 16.5. The number of carbonyl (C=O) groups excluding carboxylic acids is 2. The van der Waals surface area contributed by atoms with Gasteiger partial charge in [-0.05, 0) is 37.5 Å². The minimum absolute atomic E-state index is 0.292. The van der Waals surface area contributed by atoms with Crippen molar-refractivity contribution >= 4 is 11.9 Å². The van der Waals surface area contributed by atoms with Gasteiger partial charge >= 0.3 is 11.9 Å². The van der Waals surface area contributed by atoms with Gasteiger partial charge < -0.3 is 9.47 Å². The molecule has 0 spiro atoms. The maximum absolute atomic E-state index is 12.4. The molecule has 2 aromatic rings. The van der Waals surface area contributed by atoms with Crippen molar-refractivity contribution in [3.8, 4) is 5.75 Å². The van der Waals surface area contributed by atoms with Crippen molar-refractivity contribution in [2.24, 2.45) is 5.92 Å². The molecule has 132 valence electrons. The van der Waals surface area contributed by atoms with Crippen LogP contribution in [-0.4, -0.2) is 18.5 Å². The molecule has 0 amide bonds. The second-order valence-electron chi connectivity index (χ2n) is 6.23. The minimum Gasteiger partial charge on any atom is -0.466 e. The van der Waals surface area contributed by atoms with Crippen LogP contribution in [0.4, 0.5) is 0 Å². The topological polar surface area (TPSA) is 52.6 Å². The van der Waals surface area contributed by atoms with E-state index < -0.39 is 11.9 Å². The average molecular weight is 340 g/mol. The number of ether oxygens (including phenoxy) is 2. The molecule has 0 fully saturated rings. The number of para-hydroxylation sites is 1. The molecule has 0 N–H and O–H groups in total. The molecule has 1 unspecified atom stereocenters. The van der Waals surface area contributed by atoms with Gasteiger partial charge in [-0.1, -0.05) is 50.2 Å². The number of benzene rings is 2. The van der Waals surface area contributed by atoms with Gasteiger partial charge in [0, 0.05) is 5.56 Å². The highest BCUT2D eigenvalue weighted by molar-refractivity contribution is 5.91. The maximum Gasteiger partial charge on any atom is 0.343 e. The predicted octanol–water partition coefficient (Wildman–Crippen LogP) is 4.60. The molecule has 0 aliphatic carbocycles. The van der Waals surface area contributed by atoms with Crippen LogP contribution in [0.3, 0.4) is 0 Å². The van der Waals surface area contributed by atoms with Crippen LogP contribution in [0, 0.1) is 5.92 Å². The summed E-state index contributed by atoms with van der Waals surface area (Å²) in [6.45, 7) is 6.20.